The molecule has 1 heterocycles. The molecular formula is C52H45N3O6. The Morgan fingerprint density at radius 3 is 2.18 bits per heavy atom. The van der Waals surface area contributed by atoms with Crippen LogP contribution >= 0.6 is 0 Å². The third-order valence-corrected chi connectivity index (χ3v) is 11.2. The van der Waals surface area contributed by atoms with Crippen molar-refractivity contribution in [2.24, 2.45) is 4.99 Å². The molecule has 9 nitrogen and oxygen atoms in total. The standard InChI is InChI=1S/C34H29NO2.C9H8N2.C9H8O4/c1-21-7-5-10-26(22(21)2)34(37)35-25-16-13-24(14-17-25)33(36)32-12-6-11-28-30-18-15-23-8-3-4-9-27(23)29(30)19-20-31(28)32;1-2-4-9-8(3-1)7-10-5-6-11-9;1-5-2-3-6(8(10)11)4-7(5)9(12)13/h3-5,7-10,13-17,19-20H,6,11-12,18H2,1-2H3,(H,35,37);1-7,11H;2-4H,1H3,(H,10,11)(H,12,13). The van der Waals surface area contributed by atoms with Gasteiger partial charge in [-0.15, -0.1) is 0 Å². The van der Waals surface area contributed by atoms with Crippen LogP contribution in [0.5, 0.6) is 0 Å². The fourth-order valence-corrected chi connectivity index (χ4v) is 7.79. The topological polar surface area (TPSA) is 145 Å². The first-order chi connectivity index (χ1) is 29.5. The van der Waals surface area contributed by atoms with Crippen molar-refractivity contribution >= 4 is 52.9 Å². The second kappa shape index (κ2) is 18.5. The van der Waals surface area contributed by atoms with Crippen molar-refractivity contribution in [2.75, 3.05) is 10.6 Å². The van der Waals surface area contributed by atoms with E-state index in [0.717, 1.165) is 64.9 Å². The molecule has 9 heteroatoms. The molecule has 0 aromatic heterocycles. The van der Waals surface area contributed by atoms with E-state index < -0.39 is 11.9 Å². The van der Waals surface area contributed by atoms with Crippen molar-refractivity contribution in [1.82, 2.24) is 0 Å². The predicted octanol–water partition coefficient (Wildman–Crippen LogP) is 8.94. The van der Waals surface area contributed by atoms with E-state index in [9.17, 15) is 19.2 Å². The number of ketones is 1. The lowest BCUT2D eigenvalue weighted by molar-refractivity contribution is 0.0695. The van der Waals surface area contributed by atoms with Crippen molar-refractivity contribution in [1.29, 1.82) is 0 Å². The normalized spacial score (nSPS) is 12.7. The zero-order chi connectivity index (χ0) is 43.0. The molecule has 0 saturated carbocycles. The average molecular weight is 808 g/mol. The number of aliphatic imine (C=N–C) groups is 1. The Morgan fingerprint density at radius 2 is 1.39 bits per heavy atom. The van der Waals surface area contributed by atoms with E-state index in [2.05, 4.69) is 58.1 Å². The van der Waals surface area contributed by atoms with Crippen LogP contribution in [0.3, 0.4) is 0 Å². The molecule has 0 fully saturated rings. The lowest BCUT2D eigenvalue weighted by atomic mass is 9.84. The SMILES string of the molecule is C1=CNc2ccccc2C=N1.Cc1ccc(C(=O)O)cc1C(=O)O.Cc1cccc(C(=O)Nc2ccc(C(=O)C3=c4ccc5c(c4CCC3)CC=c3ccccc3=5)cc2)c1C. The number of Topliss-reactive ketones (excluding diaryl/α,β-unsaturated/α-hetero) is 1. The van der Waals surface area contributed by atoms with Crippen LogP contribution in [0.25, 0.3) is 11.6 Å². The van der Waals surface area contributed by atoms with E-state index in [1.807, 2.05) is 93.0 Å². The van der Waals surface area contributed by atoms with Crippen LogP contribution in [0.15, 0.2) is 139 Å². The minimum Gasteiger partial charge on any atom is -0.478 e. The van der Waals surface area contributed by atoms with Gasteiger partial charge in [0.05, 0.1) is 11.1 Å². The number of aryl methyl sites for hydroxylation is 2. The molecular weight excluding hydrogens is 763 g/mol. The Morgan fingerprint density at radius 1 is 0.656 bits per heavy atom. The van der Waals surface area contributed by atoms with Gasteiger partial charge >= 0.3 is 11.9 Å². The number of para-hydroxylation sites is 1. The summed E-state index contributed by atoms with van der Waals surface area (Å²) in [7, 11) is 0. The van der Waals surface area contributed by atoms with Gasteiger partial charge in [-0.05, 0) is 144 Å². The van der Waals surface area contributed by atoms with Crippen LogP contribution in [0.2, 0.25) is 0 Å². The molecule has 3 aliphatic rings. The van der Waals surface area contributed by atoms with Crippen LogP contribution < -0.4 is 21.1 Å². The van der Waals surface area contributed by atoms with Crippen LogP contribution in [-0.4, -0.2) is 40.1 Å². The third kappa shape index (κ3) is 9.32. The summed E-state index contributed by atoms with van der Waals surface area (Å²) in [6.07, 6.45) is 11.4. The van der Waals surface area contributed by atoms with Crippen LogP contribution in [0, 0.1) is 31.2 Å². The van der Waals surface area contributed by atoms with Gasteiger partial charge in [0, 0.05) is 52.3 Å². The van der Waals surface area contributed by atoms with E-state index in [4.69, 9.17) is 10.2 Å². The molecule has 0 bridgehead atoms. The van der Waals surface area contributed by atoms with Crippen LogP contribution in [0.4, 0.5) is 11.4 Å². The first-order valence-electron chi connectivity index (χ1n) is 20.1. The van der Waals surface area contributed by atoms with E-state index in [-0.39, 0.29) is 22.8 Å². The van der Waals surface area contributed by atoms with Crippen molar-refractivity contribution in [3.05, 3.63) is 210 Å². The first kappa shape index (κ1) is 41.5. The van der Waals surface area contributed by atoms with Crippen LogP contribution in [-0.2, 0) is 12.8 Å². The number of anilines is 2. The molecule has 4 N–H and O–H groups in total. The number of nitrogens with zero attached hydrogens (tertiary/aromatic N) is 1. The predicted molar refractivity (Wildman–Crippen MR) is 241 cm³/mol. The lowest BCUT2D eigenvalue weighted by Gasteiger charge is -2.20. The second-order valence-corrected chi connectivity index (χ2v) is 15.0. The molecule has 9 rings (SSSR count). The van der Waals surface area contributed by atoms with Crippen molar-refractivity contribution in [3.8, 4) is 0 Å². The summed E-state index contributed by atoms with van der Waals surface area (Å²) in [6.45, 7) is 5.58. The number of hydrogen-bond acceptors (Lipinski definition) is 6. The number of rotatable bonds is 6. The quantitative estimate of drug-likeness (QED) is 0.123. The smallest absolute Gasteiger partial charge is 0.335 e. The number of aromatic carboxylic acids is 2. The summed E-state index contributed by atoms with van der Waals surface area (Å²) >= 11 is 0. The van der Waals surface area contributed by atoms with Crippen LogP contribution in [0.1, 0.15) is 87.7 Å². The zero-order valence-corrected chi connectivity index (χ0v) is 34.2. The number of carbonyl (C=O) groups is 4. The van der Waals surface area contributed by atoms with E-state index in [1.54, 1.807) is 13.1 Å². The monoisotopic (exact) mass is 807 g/mol. The molecule has 0 radical (unpaired) electrons. The molecule has 0 unspecified atom stereocenters. The molecule has 0 atom stereocenters. The Labute approximate surface area is 353 Å². The Hall–Kier alpha value is -7.65. The van der Waals surface area contributed by atoms with Gasteiger partial charge in [-0.1, -0.05) is 78.9 Å². The van der Waals surface area contributed by atoms with Gasteiger partial charge in [0.25, 0.3) is 5.91 Å². The highest BCUT2D eigenvalue weighted by Crippen LogP contribution is 2.25. The number of hydrogen-bond donors (Lipinski definition) is 4. The van der Waals surface area contributed by atoms with Gasteiger partial charge in [-0.2, -0.15) is 0 Å². The number of carboxylic acids is 2. The van der Waals surface area contributed by atoms with Gasteiger partial charge in [0.2, 0.25) is 0 Å². The van der Waals surface area contributed by atoms with Crippen molar-refractivity contribution in [3.63, 3.8) is 0 Å². The maximum atomic E-state index is 13.6. The number of nitrogens with one attached hydrogen (secondary N) is 2. The second-order valence-electron chi connectivity index (χ2n) is 15.0. The van der Waals surface area contributed by atoms with Gasteiger partial charge < -0.3 is 20.8 Å². The minimum absolute atomic E-state index is 0.0111. The molecule has 2 aliphatic carbocycles. The third-order valence-electron chi connectivity index (χ3n) is 11.2. The van der Waals surface area contributed by atoms with Gasteiger partial charge in [0.15, 0.2) is 5.78 Å². The summed E-state index contributed by atoms with van der Waals surface area (Å²) in [4.78, 5) is 51.6. The highest BCUT2D eigenvalue weighted by atomic mass is 16.4. The van der Waals surface area contributed by atoms with E-state index >= 15 is 0 Å². The van der Waals surface area contributed by atoms with E-state index in [1.165, 1.54) is 38.9 Å². The number of carboxylic acid groups (broad SMARTS) is 2. The van der Waals surface area contributed by atoms with Crippen molar-refractivity contribution in [2.45, 2.75) is 46.5 Å². The average Bonchev–Trinajstić information content (AvgIpc) is 3.53. The molecule has 61 heavy (non-hydrogen) atoms. The number of amides is 1. The minimum atomic E-state index is -1.12. The van der Waals surface area contributed by atoms with Gasteiger partial charge in [-0.3, -0.25) is 14.6 Å². The summed E-state index contributed by atoms with van der Waals surface area (Å²) in [5.74, 6) is -2.30. The zero-order valence-electron chi connectivity index (χ0n) is 34.2. The summed E-state index contributed by atoms with van der Waals surface area (Å²) in [5.41, 5.74) is 10.4. The molecule has 1 aliphatic heterocycles. The Kier molecular flexibility index (Phi) is 12.6. The Balaban J connectivity index is 0.000000189. The van der Waals surface area contributed by atoms with E-state index in [0.29, 0.717) is 22.4 Å². The molecule has 0 saturated heterocycles. The molecule has 6 aromatic rings. The summed E-state index contributed by atoms with van der Waals surface area (Å²) in [6, 6.07) is 38.0. The summed E-state index contributed by atoms with van der Waals surface area (Å²) < 4.78 is 0. The van der Waals surface area contributed by atoms with Gasteiger partial charge in [-0.25, -0.2) is 9.59 Å². The first-order valence-corrected chi connectivity index (χ1v) is 20.1. The summed E-state index contributed by atoms with van der Waals surface area (Å²) in [5, 5.41) is 28.3. The maximum absolute atomic E-state index is 13.6. The van der Waals surface area contributed by atoms with Crippen molar-refractivity contribution < 1.29 is 29.4 Å². The number of benzene rings is 6. The fourth-order valence-electron chi connectivity index (χ4n) is 7.79. The van der Waals surface area contributed by atoms with Gasteiger partial charge in [0.1, 0.15) is 0 Å². The number of fused-ring (bicyclic) bond motifs is 5. The molecule has 1 amide bonds. The highest BCUT2D eigenvalue weighted by molar-refractivity contribution is 6.24. The molecule has 0 spiro atoms. The number of carbonyl (C=O) groups excluding carboxylic acids is 2. The highest BCUT2D eigenvalue weighted by Gasteiger charge is 2.21. The largest absolute Gasteiger partial charge is 0.478 e. The maximum Gasteiger partial charge on any atom is 0.335 e. The Bertz CT molecular complexity index is 3000. The lowest BCUT2D eigenvalue weighted by Crippen LogP contribution is -2.25. The molecule has 6 aromatic carbocycles. The fraction of sp³-hybridized carbons (Fsp3) is 0.135. The molecule has 304 valence electrons.